The van der Waals surface area contributed by atoms with Crippen LogP contribution < -0.4 is 5.32 Å². The van der Waals surface area contributed by atoms with E-state index in [-0.39, 0.29) is 11.9 Å². The van der Waals surface area contributed by atoms with Crippen LogP contribution in [0.4, 0.5) is 0 Å². The molecular formula is C6H7NO. The summed E-state index contributed by atoms with van der Waals surface area (Å²) in [4.78, 5) is 10.2. The van der Waals surface area contributed by atoms with E-state index >= 15 is 0 Å². The minimum Gasteiger partial charge on any atom is -0.352 e. The van der Waals surface area contributed by atoms with Crippen molar-refractivity contribution >= 4 is 5.91 Å². The van der Waals surface area contributed by atoms with Crippen LogP contribution in [0.2, 0.25) is 0 Å². The maximum atomic E-state index is 10.2. The van der Waals surface area contributed by atoms with Gasteiger partial charge in [-0.25, -0.2) is 0 Å². The lowest BCUT2D eigenvalue weighted by molar-refractivity contribution is -0.127. The van der Waals surface area contributed by atoms with Gasteiger partial charge in [0.25, 0.3) is 0 Å². The van der Waals surface area contributed by atoms with E-state index in [1.54, 1.807) is 0 Å². The molecule has 1 heterocycles. The smallest absolute Gasteiger partial charge is 0.222 e. The van der Waals surface area contributed by atoms with Crippen molar-refractivity contribution < 1.29 is 4.79 Å². The number of hydrogen-bond acceptors (Lipinski definition) is 1. The van der Waals surface area contributed by atoms with Gasteiger partial charge in [0.1, 0.15) is 0 Å². The van der Waals surface area contributed by atoms with Gasteiger partial charge in [0.15, 0.2) is 0 Å². The molecule has 0 saturated carbocycles. The second-order valence-corrected chi connectivity index (χ2v) is 1.88. The van der Waals surface area contributed by atoms with Gasteiger partial charge in [-0.15, -0.1) is 12.3 Å². The number of carbonyl (C=O) groups is 1. The van der Waals surface area contributed by atoms with Crippen molar-refractivity contribution in [3.63, 3.8) is 0 Å². The highest BCUT2D eigenvalue weighted by atomic mass is 16.2. The Morgan fingerprint density at radius 1 is 2.00 bits per heavy atom. The third kappa shape index (κ3) is 0.812. The monoisotopic (exact) mass is 109 g/mol. The first-order valence-corrected chi connectivity index (χ1v) is 2.56. The van der Waals surface area contributed by atoms with Gasteiger partial charge in [0.05, 0.1) is 0 Å². The van der Waals surface area contributed by atoms with Gasteiger partial charge in [-0.1, -0.05) is 0 Å². The third-order valence-corrected chi connectivity index (χ3v) is 1.16. The lowest BCUT2D eigenvalue weighted by Gasteiger charge is -2.24. The normalized spacial score (nSPS) is 25.4. The predicted octanol–water partition coefficient (Wildman–Crippen LogP) is -0.102. The van der Waals surface area contributed by atoms with E-state index in [2.05, 4.69) is 11.2 Å². The standard InChI is InChI=1S/C6H7NO/c1-2-3-5-4-6(8)7-5/h1,5H,3-4H2,(H,7,8). The zero-order valence-electron chi connectivity index (χ0n) is 4.48. The zero-order valence-corrected chi connectivity index (χ0v) is 4.48. The molecule has 0 aromatic rings. The number of amides is 1. The van der Waals surface area contributed by atoms with Gasteiger partial charge < -0.3 is 5.32 Å². The summed E-state index contributed by atoms with van der Waals surface area (Å²) in [5.41, 5.74) is 0. The van der Waals surface area contributed by atoms with Crippen molar-refractivity contribution in [1.29, 1.82) is 0 Å². The Morgan fingerprint density at radius 2 is 2.62 bits per heavy atom. The summed E-state index contributed by atoms with van der Waals surface area (Å²) < 4.78 is 0. The van der Waals surface area contributed by atoms with Crippen molar-refractivity contribution in [2.75, 3.05) is 0 Å². The molecular weight excluding hydrogens is 102 g/mol. The summed E-state index contributed by atoms with van der Waals surface area (Å²) >= 11 is 0. The minimum absolute atomic E-state index is 0.116. The molecule has 0 aromatic carbocycles. The lowest BCUT2D eigenvalue weighted by Crippen LogP contribution is -2.47. The first kappa shape index (κ1) is 5.17. The number of nitrogens with one attached hydrogen (secondary N) is 1. The molecule has 1 amide bonds. The molecule has 1 rings (SSSR count). The maximum absolute atomic E-state index is 10.2. The highest BCUT2D eigenvalue weighted by Gasteiger charge is 2.23. The van der Waals surface area contributed by atoms with Crippen molar-refractivity contribution in [2.24, 2.45) is 0 Å². The van der Waals surface area contributed by atoms with E-state index in [4.69, 9.17) is 6.42 Å². The fourth-order valence-electron chi connectivity index (χ4n) is 0.696. The fourth-order valence-corrected chi connectivity index (χ4v) is 0.696. The minimum atomic E-state index is 0.116. The van der Waals surface area contributed by atoms with E-state index in [1.165, 1.54) is 0 Å². The van der Waals surface area contributed by atoms with Crippen molar-refractivity contribution in [3.05, 3.63) is 0 Å². The van der Waals surface area contributed by atoms with Crippen LogP contribution in [0.25, 0.3) is 0 Å². The summed E-state index contributed by atoms with van der Waals surface area (Å²) in [5, 5.41) is 2.66. The first-order valence-electron chi connectivity index (χ1n) is 2.56. The number of terminal acetylenes is 1. The molecule has 1 unspecified atom stereocenters. The van der Waals surface area contributed by atoms with Crippen molar-refractivity contribution in [1.82, 2.24) is 5.32 Å². The average molecular weight is 109 g/mol. The molecule has 0 radical (unpaired) electrons. The Hall–Kier alpha value is -0.970. The topological polar surface area (TPSA) is 29.1 Å². The molecule has 1 N–H and O–H groups in total. The molecule has 2 heteroatoms. The van der Waals surface area contributed by atoms with E-state index in [0.29, 0.717) is 12.8 Å². The molecule has 0 bridgehead atoms. The SMILES string of the molecule is C#CCC1CC(=O)N1. The maximum Gasteiger partial charge on any atom is 0.222 e. The van der Waals surface area contributed by atoms with Gasteiger partial charge >= 0.3 is 0 Å². The largest absolute Gasteiger partial charge is 0.352 e. The molecule has 0 spiro atoms. The molecule has 8 heavy (non-hydrogen) atoms. The van der Waals surface area contributed by atoms with Crippen LogP contribution in [0.5, 0.6) is 0 Å². The molecule has 0 aliphatic carbocycles. The van der Waals surface area contributed by atoms with E-state index in [0.717, 1.165) is 0 Å². The molecule has 2 nitrogen and oxygen atoms in total. The first-order chi connectivity index (χ1) is 3.83. The molecule has 42 valence electrons. The van der Waals surface area contributed by atoms with Gasteiger partial charge in [-0.05, 0) is 0 Å². The Labute approximate surface area is 48.3 Å². The van der Waals surface area contributed by atoms with Crippen LogP contribution in [0.15, 0.2) is 0 Å². The number of rotatable bonds is 1. The summed E-state index contributed by atoms with van der Waals surface area (Å²) in [6.07, 6.45) is 6.27. The molecule has 1 aliphatic rings. The van der Waals surface area contributed by atoms with Crippen LogP contribution >= 0.6 is 0 Å². The van der Waals surface area contributed by atoms with E-state index in [9.17, 15) is 4.79 Å². The van der Waals surface area contributed by atoms with E-state index < -0.39 is 0 Å². The van der Waals surface area contributed by atoms with Crippen LogP contribution in [-0.2, 0) is 4.79 Å². The second-order valence-electron chi connectivity index (χ2n) is 1.88. The molecule has 1 fully saturated rings. The summed E-state index contributed by atoms with van der Waals surface area (Å²) in [7, 11) is 0. The molecule has 1 atom stereocenters. The van der Waals surface area contributed by atoms with Crippen LogP contribution in [0.1, 0.15) is 12.8 Å². The Balaban J connectivity index is 2.18. The zero-order chi connectivity index (χ0) is 5.98. The molecule has 1 saturated heterocycles. The predicted molar refractivity (Wildman–Crippen MR) is 30.0 cm³/mol. The second kappa shape index (κ2) is 1.87. The Morgan fingerprint density at radius 3 is 3.00 bits per heavy atom. The molecule has 0 aromatic heterocycles. The Kier molecular flexibility index (Phi) is 1.21. The highest BCUT2D eigenvalue weighted by Crippen LogP contribution is 2.06. The van der Waals surface area contributed by atoms with E-state index in [1.807, 2.05) is 0 Å². The quantitative estimate of drug-likeness (QED) is 0.369. The third-order valence-electron chi connectivity index (χ3n) is 1.16. The average Bonchev–Trinajstić information content (AvgIpc) is 1.64. The van der Waals surface area contributed by atoms with Gasteiger partial charge in [0, 0.05) is 18.9 Å². The van der Waals surface area contributed by atoms with Crippen LogP contribution in [0, 0.1) is 12.3 Å². The fraction of sp³-hybridized carbons (Fsp3) is 0.500. The number of hydrogen-bond donors (Lipinski definition) is 1. The number of β-lactam (4-membered cyclic amide) rings is 1. The van der Waals surface area contributed by atoms with Gasteiger partial charge in [-0.3, -0.25) is 4.79 Å². The Bertz CT molecular complexity index is 137. The highest BCUT2D eigenvalue weighted by molar-refractivity contribution is 5.82. The lowest BCUT2D eigenvalue weighted by atomic mass is 10.0. The van der Waals surface area contributed by atoms with Crippen LogP contribution in [-0.4, -0.2) is 11.9 Å². The number of carbonyl (C=O) groups excluding carboxylic acids is 1. The van der Waals surface area contributed by atoms with Gasteiger partial charge in [0.2, 0.25) is 5.91 Å². The van der Waals surface area contributed by atoms with Crippen molar-refractivity contribution in [3.8, 4) is 12.3 Å². The summed E-state index contributed by atoms with van der Waals surface area (Å²) in [6.45, 7) is 0. The summed E-state index contributed by atoms with van der Waals surface area (Å²) in [5.74, 6) is 2.59. The molecule has 1 aliphatic heterocycles. The van der Waals surface area contributed by atoms with Gasteiger partial charge in [-0.2, -0.15) is 0 Å². The van der Waals surface area contributed by atoms with Crippen LogP contribution in [0.3, 0.4) is 0 Å². The van der Waals surface area contributed by atoms with Crippen molar-refractivity contribution in [2.45, 2.75) is 18.9 Å². The summed E-state index contributed by atoms with van der Waals surface area (Å²) in [6, 6.07) is 0.271.